The van der Waals surface area contributed by atoms with E-state index >= 15 is 0 Å². The molecule has 0 fully saturated rings. The second kappa shape index (κ2) is 9.37. The minimum absolute atomic E-state index is 1.11. The molecule has 0 amide bonds. The number of rotatable bonds is 7. The van der Waals surface area contributed by atoms with Gasteiger partial charge in [-0.15, -0.1) is 0 Å². The Hall–Kier alpha value is -0.720. The number of nitrogens with zero attached hydrogens (tertiary/aromatic N) is 1. The highest BCUT2D eigenvalue weighted by Crippen LogP contribution is 1.99. The van der Waals surface area contributed by atoms with Gasteiger partial charge in [0.2, 0.25) is 0 Å². The van der Waals surface area contributed by atoms with Crippen LogP contribution in [-0.4, -0.2) is 11.4 Å². The summed E-state index contributed by atoms with van der Waals surface area (Å²) in [5.74, 6) is 0. The van der Waals surface area contributed by atoms with Gasteiger partial charge >= 0.3 is 0 Å². The van der Waals surface area contributed by atoms with Crippen molar-refractivity contribution < 1.29 is 0 Å². The Labute approximate surface area is 83.1 Å². The van der Waals surface area contributed by atoms with E-state index in [9.17, 15) is 0 Å². The molecule has 0 aromatic carbocycles. The van der Waals surface area contributed by atoms with E-state index in [-0.39, 0.29) is 0 Å². The van der Waals surface area contributed by atoms with Crippen LogP contribution in [0.15, 0.2) is 24.6 Å². The fourth-order valence-electron chi connectivity index (χ4n) is 1.02. The minimum Gasteiger partial charge on any atom is -0.355 e. The molecule has 76 valence electrons. The summed E-state index contributed by atoms with van der Waals surface area (Å²) >= 11 is 0. The summed E-state index contributed by atoms with van der Waals surface area (Å²) in [6.45, 7) is 7.70. The maximum atomic E-state index is 2.27. The average molecular weight is 181 g/mol. The molecular weight excluding hydrogens is 158 g/mol. The van der Waals surface area contributed by atoms with Crippen molar-refractivity contribution >= 4 is 0 Å². The molecule has 1 heteroatoms. The molecule has 0 radical (unpaired) electrons. The van der Waals surface area contributed by atoms with Gasteiger partial charge in [0.05, 0.1) is 0 Å². The summed E-state index contributed by atoms with van der Waals surface area (Å²) in [5, 5.41) is 0. The van der Waals surface area contributed by atoms with E-state index in [1.165, 1.54) is 12.8 Å². The molecule has 0 spiro atoms. The van der Waals surface area contributed by atoms with Gasteiger partial charge in [0.25, 0.3) is 0 Å². The van der Waals surface area contributed by atoms with Crippen LogP contribution >= 0.6 is 0 Å². The Morgan fingerprint density at radius 1 is 0.923 bits per heavy atom. The molecule has 0 rings (SSSR count). The largest absolute Gasteiger partial charge is 0.355 e. The highest BCUT2D eigenvalue weighted by Gasteiger charge is 1.91. The van der Waals surface area contributed by atoms with Crippen molar-refractivity contribution in [2.75, 3.05) is 6.54 Å². The maximum Gasteiger partial charge on any atom is 0.0219 e. The van der Waals surface area contributed by atoms with Crippen LogP contribution in [0.2, 0.25) is 0 Å². The van der Waals surface area contributed by atoms with Gasteiger partial charge in [0.1, 0.15) is 0 Å². The molecule has 0 saturated carbocycles. The third-order valence-corrected chi connectivity index (χ3v) is 1.84. The van der Waals surface area contributed by atoms with Crippen molar-refractivity contribution in [2.24, 2.45) is 0 Å². The maximum absolute atomic E-state index is 2.27. The van der Waals surface area contributed by atoms with Crippen molar-refractivity contribution in [3.05, 3.63) is 24.6 Å². The Morgan fingerprint density at radius 2 is 1.46 bits per heavy atom. The lowest BCUT2D eigenvalue weighted by atomic mass is 10.3. The third-order valence-electron chi connectivity index (χ3n) is 1.84. The molecule has 0 aliphatic rings. The van der Waals surface area contributed by atoms with Crippen molar-refractivity contribution in [1.82, 2.24) is 4.90 Å². The molecule has 0 aliphatic heterocycles. The topological polar surface area (TPSA) is 3.24 Å². The van der Waals surface area contributed by atoms with Crippen LogP contribution in [-0.2, 0) is 0 Å². The first-order chi connectivity index (χ1) is 6.35. The van der Waals surface area contributed by atoms with Gasteiger partial charge in [-0.2, -0.15) is 0 Å². The second-order valence-corrected chi connectivity index (χ2v) is 3.18. The zero-order valence-electron chi connectivity index (χ0n) is 9.29. The summed E-state index contributed by atoms with van der Waals surface area (Å²) in [6, 6.07) is 0. The average Bonchev–Trinajstić information content (AvgIpc) is 2.17. The summed E-state index contributed by atoms with van der Waals surface area (Å²) in [7, 11) is 0. The third kappa shape index (κ3) is 7.63. The van der Waals surface area contributed by atoms with Gasteiger partial charge in [0.15, 0.2) is 0 Å². The first-order valence-corrected chi connectivity index (χ1v) is 5.44. The van der Waals surface area contributed by atoms with Crippen LogP contribution < -0.4 is 0 Å². The van der Waals surface area contributed by atoms with Crippen molar-refractivity contribution in [3.63, 3.8) is 0 Å². The quantitative estimate of drug-likeness (QED) is 0.575. The van der Waals surface area contributed by atoms with E-state index in [0.29, 0.717) is 0 Å². The smallest absolute Gasteiger partial charge is 0.0219 e. The summed E-state index contributed by atoms with van der Waals surface area (Å²) in [4.78, 5) is 2.27. The van der Waals surface area contributed by atoms with E-state index in [0.717, 1.165) is 19.4 Å². The van der Waals surface area contributed by atoms with Gasteiger partial charge in [-0.1, -0.05) is 39.3 Å². The Morgan fingerprint density at radius 3 is 1.85 bits per heavy atom. The van der Waals surface area contributed by atoms with E-state index < -0.39 is 0 Å². The van der Waals surface area contributed by atoms with Gasteiger partial charge in [0, 0.05) is 6.54 Å². The second-order valence-electron chi connectivity index (χ2n) is 3.18. The Kier molecular flexibility index (Phi) is 8.85. The highest BCUT2D eigenvalue weighted by molar-refractivity contribution is 4.91. The SMILES string of the molecule is CC/C=C/N(/C=C/CC)CCCC. The molecule has 0 unspecified atom stereocenters. The molecule has 0 N–H and O–H groups in total. The number of hydrogen-bond donors (Lipinski definition) is 0. The zero-order chi connectivity index (χ0) is 9.94. The lowest BCUT2D eigenvalue weighted by Gasteiger charge is -2.14. The van der Waals surface area contributed by atoms with Crippen LogP contribution in [0, 0.1) is 0 Å². The standard InChI is InChI=1S/C12H23N/c1-4-7-10-13(11-8-5-2)12-9-6-3/h7-8,10-11H,4-6,9,12H2,1-3H3/b10-7+,11-8+. The lowest BCUT2D eigenvalue weighted by Crippen LogP contribution is -2.10. The molecule has 0 atom stereocenters. The molecule has 13 heavy (non-hydrogen) atoms. The molecule has 0 aromatic rings. The molecule has 0 aliphatic carbocycles. The highest BCUT2D eigenvalue weighted by atomic mass is 15.1. The molecular formula is C12H23N. The summed E-state index contributed by atoms with van der Waals surface area (Å²) in [6.07, 6.45) is 13.5. The van der Waals surface area contributed by atoms with Crippen molar-refractivity contribution in [2.45, 2.75) is 46.5 Å². The minimum atomic E-state index is 1.11. The van der Waals surface area contributed by atoms with Gasteiger partial charge in [-0.25, -0.2) is 0 Å². The van der Waals surface area contributed by atoms with Crippen LogP contribution in [0.25, 0.3) is 0 Å². The fraction of sp³-hybridized carbons (Fsp3) is 0.667. The molecule has 0 saturated heterocycles. The molecule has 1 nitrogen and oxygen atoms in total. The first kappa shape index (κ1) is 12.3. The van der Waals surface area contributed by atoms with Crippen molar-refractivity contribution in [3.8, 4) is 0 Å². The molecule has 0 aromatic heterocycles. The van der Waals surface area contributed by atoms with Crippen LogP contribution in [0.5, 0.6) is 0 Å². The molecule has 0 heterocycles. The predicted molar refractivity (Wildman–Crippen MR) is 60.5 cm³/mol. The molecule has 0 bridgehead atoms. The van der Waals surface area contributed by atoms with Crippen LogP contribution in [0.3, 0.4) is 0 Å². The van der Waals surface area contributed by atoms with E-state index in [4.69, 9.17) is 0 Å². The first-order valence-electron chi connectivity index (χ1n) is 5.44. The summed E-state index contributed by atoms with van der Waals surface area (Å²) in [5.41, 5.74) is 0. The normalized spacial score (nSPS) is 11.6. The van der Waals surface area contributed by atoms with Crippen LogP contribution in [0.4, 0.5) is 0 Å². The Bertz CT molecular complexity index is 133. The Balaban J connectivity index is 3.87. The van der Waals surface area contributed by atoms with Gasteiger partial charge in [-0.3, -0.25) is 0 Å². The number of allylic oxidation sites excluding steroid dienone is 2. The summed E-state index contributed by atoms with van der Waals surface area (Å²) < 4.78 is 0. The van der Waals surface area contributed by atoms with Gasteiger partial charge < -0.3 is 4.90 Å². The van der Waals surface area contributed by atoms with Crippen LogP contribution in [0.1, 0.15) is 46.5 Å². The monoisotopic (exact) mass is 181 g/mol. The fourth-order valence-corrected chi connectivity index (χ4v) is 1.02. The number of unbranched alkanes of at least 4 members (excludes halogenated alkanes) is 1. The van der Waals surface area contributed by atoms with E-state index in [2.05, 4.69) is 50.2 Å². The lowest BCUT2D eigenvalue weighted by molar-refractivity contribution is 0.482. The van der Waals surface area contributed by atoms with Crippen molar-refractivity contribution in [1.29, 1.82) is 0 Å². The predicted octanol–water partition coefficient (Wildman–Crippen LogP) is 3.94. The van der Waals surface area contributed by atoms with E-state index in [1.807, 2.05) is 0 Å². The number of hydrogen-bond acceptors (Lipinski definition) is 1. The van der Waals surface area contributed by atoms with E-state index in [1.54, 1.807) is 0 Å². The zero-order valence-corrected chi connectivity index (χ0v) is 9.29. The van der Waals surface area contributed by atoms with Gasteiger partial charge in [-0.05, 0) is 31.7 Å².